The molecule has 1 aromatic heterocycles. The van der Waals surface area contributed by atoms with Gasteiger partial charge in [0.2, 0.25) is 0 Å². The zero-order valence-electron chi connectivity index (χ0n) is 7.45. The summed E-state index contributed by atoms with van der Waals surface area (Å²) in [6.45, 7) is 0.667. The summed E-state index contributed by atoms with van der Waals surface area (Å²) in [7, 11) is 1.66. The van der Waals surface area contributed by atoms with Gasteiger partial charge in [-0.15, -0.1) is 0 Å². The van der Waals surface area contributed by atoms with Crippen LogP contribution >= 0.6 is 0 Å². The van der Waals surface area contributed by atoms with Crippen molar-refractivity contribution in [2.75, 3.05) is 6.79 Å². The zero-order valence-corrected chi connectivity index (χ0v) is 7.45. The van der Waals surface area contributed by atoms with Gasteiger partial charge in [0.25, 0.3) is 0 Å². The quantitative estimate of drug-likeness (QED) is 0.725. The summed E-state index contributed by atoms with van der Waals surface area (Å²) in [5.41, 5.74) is 5.54. The summed E-state index contributed by atoms with van der Waals surface area (Å²) in [4.78, 5) is 0. The Balaban J connectivity index is 2.34. The third-order valence-electron chi connectivity index (χ3n) is 2.38. The van der Waals surface area contributed by atoms with Gasteiger partial charge in [-0.25, -0.2) is 0 Å². The Morgan fingerprint density at radius 3 is 3.14 bits per heavy atom. The van der Waals surface area contributed by atoms with Gasteiger partial charge in [-0.05, 0) is 0 Å². The van der Waals surface area contributed by atoms with Crippen LogP contribution < -0.4 is 15.2 Å². The molecular formula is C9H8BNO3. The first-order valence-electron chi connectivity index (χ1n) is 4.39. The van der Waals surface area contributed by atoms with Gasteiger partial charge in [0.15, 0.2) is 0 Å². The van der Waals surface area contributed by atoms with Crippen LogP contribution in [-0.2, 0) is 6.54 Å². The Bertz CT molecular complexity index is 494. The molecule has 0 atom stereocenters. The molecule has 0 fully saturated rings. The van der Waals surface area contributed by atoms with Crippen molar-refractivity contribution in [3.63, 3.8) is 0 Å². The molecule has 0 radical (unpaired) electrons. The number of fused-ring (bicyclic) bond motifs is 3. The van der Waals surface area contributed by atoms with Crippen LogP contribution in [0.4, 0.5) is 0 Å². The second-order valence-electron chi connectivity index (χ2n) is 3.12. The van der Waals surface area contributed by atoms with Gasteiger partial charge in [0, 0.05) is 0 Å². The van der Waals surface area contributed by atoms with E-state index in [4.69, 9.17) is 19.5 Å². The van der Waals surface area contributed by atoms with Crippen LogP contribution in [0, 0.1) is 0 Å². The monoisotopic (exact) mass is 189 g/mol. The molecule has 1 aliphatic rings. The molecular weight excluding hydrogens is 181 g/mol. The Morgan fingerprint density at radius 2 is 2.29 bits per heavy atom. The van der Waals surface area contributed by atoms with Crippen molar-refractivity contribution in [3.8, 4) is 11.5 Å². The van der Waals surface area contributed by atoms with E-state index >= 15 is 0 Å². The maximum atomic E-state index is 5.54. The van der Waals surface area contributed by atoms with Crippen LogP contribution in [-0.4, -0.2) is 13.9 Å². The average molecular weight is 189 g/mol. The van der Waals surface area contributed by atoms with Crippen molar-refractivity contribution in [3.05, 3.63) is 17.9 Å². The Labute approximate surface area is 80.8 Å². The molecule has 0 spiro atoms. The minimum atomic E-state index is 0.275. The first-order valence-corrected chi connectivity index (χ1v) is 4.39. The number of benzene rings is 1. The summed E-state index contributed by atoms with van der Waals surface area (Å²) in [6.07, 6.45) is 0. The molecule has 2 aromatic rings. The molecule has 1 aromatic carbocycles. The van der Waals surface area contributed by atoms with Gasteiger partial charge in [-0.2, -0.15) is 0 Å². The molecule has 4 nitrogen and oxygen atoms in total. The van der Waals surface area contributed by atoms with Gasteiger partial charge in [-0.3, -0.25) is 0 Å². The Hall–Kier alpha value is -1.49. The fourth-order valence-electron chi connectivity index (χ4n) is 1.71. The van der Waals surface area contributed by atoms with Gasteiger partial charge < -0.3 is 0 Å². The molecule has 0 saturated carbocycles. The second kappa shape index (κ2) is 2.75. The van der Waals surface area contributed by atoms with E-state index in [0.717, 1.165) is 27.9 Å². The molecule has 2 N–H and O–H groups in total. The van der Waals surface area contributed by atoms with Gasteiger partial charge >= 0.3 is 80.1 Å². The number of nitrogens with two attached hydrogens (primary N) is 1. The zero-order chi connectivity index (χ0) is 9.54. The average Bonchev–Trinajstić information content (AvgIpc) is 2.82. The van der Waals surface area contributed by atoms with Crippen molar-refractivity contribution in [1.82, 2.24) is 0 Å². The summed E-state index contributed by atoms with van der Waals surface area (Å²) >= 11 is 0. The number of hydrogen-bond donors (Lipinski definition) is 1. The topological polar surface area (TPSA) is 57.6 Å². The Kier molecular flexibility index (Phi) is 1.55. The van der Waals surface area contributed by atoms with Crippen LogP contribution in [0.3, 0.4) is 0 Å². The van der Waals surface area contributed by atoms with Gasteiger partial charge in [0.1, 0.15) is 0 Å². The van der Waals surface area contributed by atoms with E-state index in [1.54, 1.807) is 7.13 Å². The van der Waals surface area contributed by atoms with Gasteiger partial charge in [-0.1, -0.05) is 0 Å². The van der Waals surface area contributed by atoms with Gasteiger partial charge in [0.05, 0.1) is 0 Å². The number of rotatable bonds is 1. The van der Waals surface area contributed by atoms with E-state index in [0.29, 0.717) is 6.54 Å². The van der Waals surface area contributed by atoms with Crippen molar-refractivity contribution in [2.24, 2.45) is 5.73 Å². The maximum absolute atomic E-state index is 5.54. The van der Waals surface area contributed by atoms with E-state index in [9.17, 15) is 0 Å². The fourth-order valence-corrected chi connectivity index (χ4v) is 1.71. The van der Waals surface area contributed by atoms with Crippen LogP contribution in [0.15, 0.2) is 16.5 Å². The first kappa shape index (κ1) is 7.88. The summed E-state index contributed by atoms with van der Waals surface area (Å²) in [6, 6.07) is 3.81. The molecule has 0 saturated heterocycles. The molecule has 5 heteroatoms. The van der Waals surface area contributed by atoms with Crippen LogP contribution in [0.25, 0.3) is 10.7 Å². The Morgan fingerprint density at radius 1 is 1.36 bits per heavy atom. The van der Waals surface area contributed by atoms with Crippen molar-refractivity contribution < 1.29 is 13.8 Å². The second-order valence-corrected chi connectivity index (χ2v) is 3.12. The first-order chi connectivity index (χ1) is 6.90. The predicted molar refractivity (Wildman–Crippen MR) is 51.6 cm³/mol. The number of ether oxygens (including phenoxy) is 2. The molecule has 0 bridgehead atoms. The predicted octanol–water partition coefficient (Wildman–Crippen LogP) is 0.958. The van der Waals surface area contributed by atoms with E-state index < -0.39 is 0 Å². The molecule has 0 amide bonds. The van der Waals surface area contributed by atoms with E-state index in [-0.39, 0.29) is 6.79 Å². The van der Waals surface area contributed by atoms with E-state index in [1.807, 2.05) is 12.1 Å². The van der Waals surface area contributed by atoms with Crippen LogP contribution in [0.5, 0.6) is 11.5 Å². The molecule has 1 aliphatic heterocycles. The van der Waals surface area contributed by atoms with E-state index in [2.05, 4.69) is 0 Å². The molecule has 0 aliphatic carbocycles. The molecule has 70 valence electrons. The fraction of sp³-hybridized carbons (Fsp3) is 0.222. The SMILES string of the molecule is NCc1obc2c3c(ccc12)OCO3. The summed E-state index contributed by atoms with van der Waals surface area (Å²) in [5.74, 6) is 2.30. The van der Waals surface area contributed by atoms with Crippen molar-refractivity contribution in [1.29, 1.82) is 0 Å². The molecule has 0 unspecified atom stereocenters. The van der Waals surface area contributed by atoms with Crippen molar-refractivity contribution in [2.45, 2.75) is 6.54 Å². The summed E-state index contributed by atoms with van der Waals surface area (Å²) in [5, 5.41) is 1.93. The van der Waals surface area contributed by atoms with Crippen LogP contribution in [0.2, 0.25) is 0 Å². The summed E-state index contributed by atoms with van der Waals surface area (Å²) < 4.78 is 15.9. The van der Waals surface area contributed by atoms with E-state index in [1.165, 1.54) is 0 Å². The third kappa shape index (κ3) is 0.900. The number of hydrogen-bond acceptors (Lipinski definition) is 4. The molecule has 3 rings (SSSR count). The standard InChI is InChI=1S/C9H8BNO3/c11-3-7-5-1-2-6-9(13-4-12-6)8(5)10-14-7/h1-2H,3-4,11H2. The third-order valence-corrected chi connectivity index (χ3v) is 2.38. The van der Waals surface area contributed by atoms with Crippen molar-refractivity contribution >= 4 is 17.8 Å². The molecule has 2 heterocycles. The molecule has 14 heavy (non-hydrogen) atoms. The normalized spacial score (nSPS) is 13.5. The van der Waals surface area contributed by atoms with Crippen LogP contribution in [0.1, 0.15) is 5.76 Å². The minimum absolute atomic E-state index is 0.275.